The van der Waals surface area contributed by atoms with Crippen LogP contribution in [0.15, 0.2) is 48.7 Å². The molecule has 0 aliphatic carbocycles. The third-order valence-corrected chi connectivity index (χ3v) is 5.79. The quantitative estimate of drug-likeness (QED) is 0.541. The molecule has 0 spiro atoms. The smallest absolute Gasteiger partial charge is 0.322 e. The van der Waals surface area contributed by atoms with Crippen LogP contribution in [-0.4, -0.2) is 23.1 Å². The van der Waals surface area contributed by atoms with E-state index in [2.05, 4.69) is 20.6 Å². The van der Waals surface area contributed by atoms with Crippen LogP contribution in [0, 0.1) is 5.82 Å². The standard InChI is InChI=1S/C23H21F4N5O/c24-18-10-15-6-8-28-12-16(15)11-19(18)30-22-29-13-17(23(25,26)27)21(31-22)32-20(7-9-33-32)14-4-2-1-3-5-14/h1-5,10-11,13,20,28H,6-9,12H2,(H,29,30,31). The van der Waals surface area contributed by atoms with Gasteiger partial charge < -0.3 is 10.6 Å². The first-order chi connectivity index (χ1) is 15.9. The molecule has 10 heteroatoms. The average molecular weight is 459 g/mol. The molecule has 1 saturated heterocycles. The summed E-state index contributed by atoms with van der Waals surface area (Å²) in [5, 5.41) is 7.14. The molecule has 3 aromatic rings. The molecule has 0 amide bonds. The first kappa shape index (κ1) is 21.6. The number of aromatic nitrogens is 2. The van der Waals surface area contributed by atoms with Crippen LogP contribution >= 0.6 is 0 Å². The fraction of sp³-hybridized carbons (Fsp3) is 0.304. The highest BCUT2D eigenvalue weighted by atomic mass is 19.4. The van der Waals surface area contributed by atoms with E-state index < -0.39 is 29.4 Å². The van der Waals surface area contributed by atoms with E-state index in [4.69, 9.17) is 4.84 Å². The molecule has 2 aliphatic heterocycles. The maximum Gasteiger partial charge on any atom is 0.421 e. The van der Waals surface area contributed by atoms with Crippen LogP contribution in [0.1, 0.15) is 34.7 Å². The van der Waals surface area contributed by atoms with Crippen molar-refractivity contribution in [3.63, 3.8) is 0 Å². The molecular weight excluding hydrogens is 438 g/mol. The molecule has 2 aliphatic rings. The molecule has 0 saturated carbocycles. The Hall–Kier alpha value is -3.24. The number of rotatable bonds is 4. The molecule has 1 unspecified atom stereocenters. The van der Waals surface area contributed by atoms with Gasteiger partial charge in [0.25, 0.3) is 0 Å². The van der Waals surface area contributed by atoms with Crippen molar-refractivity contribution in [2.24, 2.45) is 0 Å². The Balaban J connectivity index is 1.52. The van der Waals surface area contributed by atoms with Crippen LogP contribution in [0.25, 0.3) is 0 Å². The van der Waals surface area contributed by atoms with E-state index >= 15 is 0 Å². The fourth-order valence-electron chi connectivity index (χ4n) is 4.18. The van der Waals surface area contributed by atoms with Crippen LogP contribution in [0.5, 0.6) is 0 Å². The summed E-state index contributed by atoms with van der Waals surface area (Å²) in [6.45, 7) is 1.60. The van der Waals surface area contributed by atoms with Gasteiger partial charge in [-0.2, -0.15) is 18.2 Å². The topological polar surface area (TPSA) is 62.3 Å². The van der Waals surface area contributed by atoms with Crippen molar-refractivity contribution >= 4 is 17.5 Å². The molecule has 2 N–H and O–H groups in total. The van der Waals surface area contributed by atoms with Gasteiger partial charge in [-0.05, 0) is 41.8 Å². The number of halogens is 4. The summed E-state index contributed by atoms with van der Waals surface area (Å²) in [6, 6.07) is 11.8. The van der Waals surface area contributed by atoms with Gasteiger partial charge in [0.15, 0.2) is 5.82 Å². The number of hydroxylamine groups is 1. The van der Waals surface area contributed by atoms with Crippen LogP contribution < -0.4 is 15.7 Å². The first-order valence-corrected chi connectivity index (χ1v) is 10.6. The molecule has 172 valence electrons. The largest absolute Gasteiger partial charge is 0.421 e. The number of hydrogen-bond acceptors (Lipinski definition) is 6. The number of alkyl halides is 3. The van der Waals surface area contributed by atoms with Gasteiger partial charge in [-0.25, -0.2) is 14.4 Å². The predicted molar refractivity (Wildman–Crippen MR) is 114 cm³/mol. The van der Waals surface area contributed by atoms with Crippen molar-refractivity contribution in [2.45, 2.75) is 31.6 Å². The lowest BCUT2D eigenvalue weighted by atomic mass is 10.00. The zero-order valence-corrected chi connectivity index (χ0v) is 17.5. The van der Waals surface area contributed by atoms with Gasteiger partial charge in [0.05, 0.1) is 18.3 Å². The summed E-state index contributed by atoms with van der Waals surface area (Å²) >= 11 is 0. The van der Waals surface area contributed by atoms with Crippen molar-refractivity contribution in [2.75, 3.05) is 23.5 Å². The first-order valence-electron chi connectivity index (χ1n) is 10.6. The summed E-state index contributed by atoms with van der Waals surface area (Å²) in [5.41, 5.74) is 1.71. The summed E-state index contributed by atoms with van der Waals surface area (Å²) in [6.07, 6.45) is -2.78. The van der Waals surface area contributed by atoms with E-state index in [-0.39, 0.29) is 18.2 Å². The Labute approximate surface area is 187 Å². The van der Waals surface area contributed by atoms with E-state index in [1.165, 1.54) is 11.1 Å². The highest BCUT2D eigenvalue weighted by Gasteiger charge is 2.40. The van der Waals surface area contributed by atoms with Crippen molar-refractivity contribution in [3.8, 4) is 0 Å². The zero-order chi connectivity index (χ0) is 23.0. The monoisotopic (exact) mass is 459 g/mol. The second-order valence-corrected chi connectivity index (χ2v) is 7.96. The minimum atomic E-state index is -4.69. The molecule has 2 aromatic carbocycles. The number of nitrogens with one attached hydrogen (secondary N) is 2. The molecule has 1 aromatic heterocycles. The fourth-order valence-corrected chi connectivity index (χ4v) is 4.18. The molecule has 6 nitrogen and oxygen atoms in total. The lowest BCUT2D eigenvalue weighted by Crippen LogP contribution is -2.26. The predicted octanol–water partition coefficient (Wildman–Crippen LogP) is 4.91. The van der Waals surface area contributed by atoms with E-state index in [1.807, 2.05) is 30.3 Å². The lowest BCUT2D eigenvalue weighted by Gasteiger charge is -2.26. The van der Waals surface area contributed by atoms with Crippen molar-refractivity contribution in [1.29, 1.82) is 0 Å². The van der Waals surface area contributed by atoms with Crippen LogP contribution in [0.4, 0.5) is 35.0 Å². The number of anilines is 3. The molecule has 1 atom stereocenters. The van der Waals surface area contributed by atoms with Crippen LogP contribution in [0.3, 0.4) is 0 Å². The van der Waals surface area contributed by atoms with Crippen molar-refractivity contribution < 1.29 is 22.4 Å². The number of hydrogen-bond donors (Lipinski definition) is 2. The summed E-state index contributed by atoms with van der Waals surface area (Å²) < 4.78 is 56.0. The lowest BCUT2D eigenvalue weighted by molar-refractivity contribution is -0.138. The Morgan fingerprint density at radius 3 is 2.73 bits per heavy atom. The van der Waals surface area contributed by atoms with Crippen molar-refractivity contribution in [3.05, 3.63) is 76.7 Å². The third kappa shape index (κ3) is 4.36. The Kier molecular flexibility index (Phi) is 5.63. The Morgan fingerprint density at radius 1 is 1.12 bits per heavy atom. The highest BCUT2D eigenvalue weighted by Crippen LogP contribution is 2.41. The minimum absolute atomic E-state index is 0.102. The minimum Gasteiger partial charge on any atom is -0.322 e. The second kappa shape index (κ2) is 8.60. The van der Waals surface area contributed by atoms with Gasteiger partial charge in [0, 0.05) is 19.2 Å². The maximum atomic E-state index is 14.7. The average Bonchev–Trinajstić information content (AvgIpc) is 3.29. The molecule has 3 heterocycles. The second-order valence-electron chi connectivity index (χ2n) is 7.96. The van der Waals surface area contributed by atoms with Crippen LogP contribution in [0.2, 0.25) is 0 Å². The van der Waals surface area contributed by atoms with Gasteiger partial charge in [-0.15, -0.1) is 0 Å². The molecule has 33 heavy (non-hydrogen) atoms. The van der Waals surface area contributed by atoms with Gasteiger partial charge in [0.2, 0.25) is 5.95 Å². The molecular formula is C23H21F4N5O. The normalized spacial score (nSPS) is 18.3. The molecule has 0 bridgehead atoms. The highest BCUT2D eigenvalue weighted by molar-refractivity contribution is 5.60. The van der Waals surface area contributed by atoms with E-state index in [9.17, 15) is 17.6 Å². The number of benzene rings is 2. The van der Waals surface area contributed by atoms with Crippen molar-refractivity contribution in [1.82, 2.24) is 15.3 Å². The molecule has 1 fully saturated rings. The molecule has 5 rings (SSSR count). The van der Waals surface area contributed by atoms with E-state index in [0.717, 1.165) is 23.2 Å². The third-order valence-electron chi connectivity index (χ3n) is 5.79. The summed E-state index contributed by atoms with van der Waals surface area (Å²) in [5.74, 6) is -1.07. The number of nitrogens with zero attached hydrogens (tertiary/aromatic N) is 3. The number of fused-ring (bicyclic) bond motifs is 1. The van der Waals surface area contributed by atoms with Crippen LogP contribution in [-0.2, 0) is 24.0 Å². The molecule has 0 radical (unpaired) electrons. The summed E-state index contributed by atoms with van der Waals surface area (Å²) in [4.78, 5) is 13.5. The van der Waals surface area contributed by atoms with Gasteiger partial charge in [-0.1, -0.05) is 30.3 Å². The Bertz CT molecular complexity index is 1160. The summed E-state index contributed by atoms with van der Waals surface area (Å²) in [7, 11) is 0. The van der Waals surface area contributed by atoms with E-state index in [0.29, 0.717) is 25.6 Å². The van der Waals surface area contributed by atoms with Gasteiger partial charge in [0.1, 0.15) is 11.4 Å². The maximum absolute atomic E-state index is 14.7. The zero-order valence-electron chi connectivity index (χ0n) is 17.5. The van der Waals surface area contributed by atoms with E-state index in [1.54, 1.807) is 6.07 Å². The SMILES string of the molecule is Fc1cc2c(cc1Nc1ncc(C(F)(F)F)c(N3OCCC3c3ccccc3)n1)CNCC2. The van der Waals surface area contributed by atoms with Gasteiger partial charge >= 0.3 is 6.18 Å². The van der Waals surface area contributed by atoms with Gasteiger partial charge in [-0.3, -0.25) is 4.84 Å². The Morgan fingerprint density at radius 2 is 1.94 bits per heavy atom.